The van der Waals surface area contributed by atoms with Crippen molar-refractivity contribution in [1.29, 1.82) is 0 Å². The number of nitrogens with one attached hydrogen (secondary N) is 1. The van der Waals surface area contributed by atoms with E-state index in [-0.39, 0.29) is 16.8 Å². The molecule has 0 saturated carbocycles. The number of carbonyl (C=O) groups is 1. The molecule has 0 amide bonds. The molecular formula is C13H16N2O3S2. The number of esters is 1. The number of methoxy groups -OCH3 is 1. The highest BCUT2D eigenvalue weighted by atomic mass is 32.2. The summed E-state index contributed by atoms with van der Waals surface area (Å²) in [4.78, 5) is 32.5. The van der Waals surface area contributed by atoms with Crippen LogP contribution in [-0.2, 0) is 15.3 Å². The van der Waals surface area contributed by atoms with Gasteiger partial charge in [0.05, 0.1) is 18.2 Å². The van der Waals surface area contributed by atoms with Crippen LogP contribution in [0, 0.1) is 13.8 Å². The number of thioether (sulfide) groups is 1. The molecule has 0 fully saturated rings. The fourth-order valence-corrected chi connectivity index (χ4v) is 3.63. The van der Waals surface area contributed by atoms with Crippen LogP contribution in [0.2, 0.25) is 0 Å². The zero-order chi connectivity index (χ0) is 14.9. The van der Waals surface area contributed by atoms with Gasteiger partial charge in [-0.2, -0.15) is 0 Å². The maximum Gasteiger partial charge on any atom is 0.318 e. The van der Waals surface area contributed by atoms with Gasteiger partial charge in [-0.3, -0.25) is 9.59 Å². The summed E-state index contributed by atoms with van der Waals surface area (Å²) in [6, 6.07) is 0. The van der Waals surface area contributed by atoms with E-state index in [9.17, 15) is 9.59 Å². The van der Waals surface area contributed by atoms with Gasteiger partial charge in [0.25, 0.3) is 5.56 Å². The number of nitrogens with zero attached hydrogens (tertiary/aromatic N) is 1. The third kappa shape index (κ3) is 2.88. The molecular weight excluding hydrogens is 296 g/mol. The highest BCUT2D eigenvalue weighted by Crippen LogP contribution is 2.26. The molecule has 1 unspecified atom stereocenters. The number of hydrogen-bond acceptors (Lipinski definition) is 6. The predicted molar refractivity (Wildman–Crippen MR) is 82.5 cm³/mol. The van der Waals surface area contributed by atoms with Gasteiger partial charge < -0.3 is 9.72 Å². The first-order chi connectivity index (χ1) is 9.43. The Labute approximate surface area is 124 Å². The third-order valence-electron chi connectivity index (χ3n) is 3.09. The first-order valence-corrected chi connectivity index (χ1v) is 7.99. The Bertz CT molecular complexity index is 705. The van der Waals surface area contributed by atoms with Gasteiger partial charge in [-0.05, 0) is 26.3 Å². The van der Waals surface area contributed by atoms with Crippen LogP contribution in [0.3, 0.4) is 0 Å². The van der Waals surface area contributed by atoms with E-state index in [1.165, 1.54) is 30.2 Å². The number of aromatic nitrogens is 2. The van der Waals surface area contributed by atoms with Gasteiger partial charge in [0.1, 0.15) is 15.9 Å². The Balaban J connectivity index is 2.24. The SMILES string of the molecule is COC(=O)C(C)SCc1nc2sc(C)c(C)c2c(=O)[nH]1. The van der Waals surface area contributed by atoms with Crippen LogP contribution in [-0.4, -0.2) is 28.3 Å². The highest BCUT2D eigenvalue weighted by Gasteiger charge is 2.16. The summed E-state index contributed by atoms with van der Waals surface area (Å²) in [5.74, 6) is 0.781. The third-order valence-corrected chi connectivity index (χ3v) is 5.32. The second-order valence-corrected chi connectivity index (χ2v) is 6.98. The van der Waals surface area contributed by atoms with Gasteiger partial charge in [-0.25, -0.2) is 4.98 Å². The van der Waals surface area contributed by atoms with Crippen molar-refractivity contribution >= 4 is 39.3 Å². The van der Waals surface area contributed by atoms with Gasteiger partial charge >= 0.3 is 5.97 Å². The number of aryl methyl sites for hydroxylation is 2. The largest absolute Gasteiger partial charge is 0.468 e. The Kier molecular flexibility index (Phi) is 4.49. The number of hydrogen-bond donors (Lipinski definition) is 1. The fraction of sp³-hybridized carbons (Fsp3) is 0.462. The molecule has 5 nitrogen and oxygen atoms in total. The zero-order valence-electron chi connectivity index (χ0n) is 11.8. The molecule has 2 heterocycles. The standard InChI is InChI=1S/C13H16N2O3S2/c1-6-7(2)20-12-10(6)11(16)14-9(15-12)5-19-8(3)13(17)18-4/h8H,5H2,1-4H3,(H,14,15,16). The number of aromatic amines is 1. The number of ether oxygens (including phenoxy) is 1. The van der Waals surface area contributed by atoms with E-state index < -0.39 is 0 Å². The van der Waals surface area contributed by atoms with Gasteiger partial charge in [0, 0.05) is 4.88 Å². The molecule has 20 heavy (non-hydrogen) atoms. The Morgan fingerprint density at radius 1 is 1.50 bits per heavy atom. The molecule has 0 aliphatic carbocycles. The second-order valence-electron chi connectivity index (χ2n) is 4.45. The minimum absolute atomic E-state index is 0.113. The lowest BCUT2D eigenvalue weighted by Gasteiger charge is -2.08. The minimum atomic E-state index is -0.284. The lowest BCUT2D eigenvalue weighted by Crippen LogP contribution is -2.16. The van der Waals surface area contributed by atoms with Gasteiger partial charge in [0.2, 0.25) is 0 Å². The van der Waals surface area contributed by atoms with E-state index >= 15 is 0 Å². The van der Waals surface area contributed by atoms with Crippen molar-refractivity contribution in [3.05, 3.63) is 26.6 Å². The van der Waals surface area contributed by atoms with Crippen LogP contribution in [0.25, 0.3) is 10.2 Å². The molecule has 1 atom stereocenters. The molecule has 2 rings (SSSR count). The maximum atomic E-state index is 12.1. The lowest BCUT2D eigenvalue weighted by molar-refractivity contribution is -0.139. The fourth-order valence-electron chi connectivity index (χ4n) is 1.81. The van der Waals surface area contributed by atoms with Crippen LogP contribution in [0.5, 0.6) is 0 Å². The van der Waals surface area contributed by atoms with Crippen molar-refractivity contribution in [2.45, 2.75) is 31.8 Å². The summed E-state index contributed by atoms with van der Waals surface area (Å²) < 4.78 is 4.66. The maximum absolute atomic E-state index is 12.1. The molecule has 108 valence electrons. The van der Waals surface area contributed by atoms with Crippen LogP contribution >= 0.6 is 23.1 Å². The van der Waals surface area contributed by atoms with E-state index in [2.05, 4.69) is 14.7 Å². The molecule has 0 radical (unpaired) electrons. The molecule has 0 spiro atoms. The summed E-state index contributed by atoms with van der Waals surface area (Å²) in [5, 5.41) is 0.384. The predicted octanol–water partition coefficient (Wildman–Crippen LogP) is 2.40. The molecule has 7 heteroatoms. The zero-order valence-corrected chi connectivity index (χ0v) is 13.4. The van der Waals surface area contributed by atoms with Crippen molar-refractivity contribution in [3.63, 3.8) is 0 Å². The van der Waals surface area contributed by atoms with E-state index in [4.69, 9.17) is 0 Å². The van der Waals surface area contributed by atoms with Crippen molar-refractivity contribution in [2.24, 2.45) is 0 Å². The van der Waals surface area contributed by atoms with Crippen LogP contribution in [0.4, 0.5) is 0 Å². The molecule has 1 N–H and O–H groups in total. The number of rotatable bonds is 4. The van der Waals surface area contributed by atoms with E-state index in [0.717, 1.165) is 15.3 Å². The van der Waals surface area contributed by atoms with E-state index in [1.54, 1.807) is 6.92 Å². The molecule has 2 aromatic rings. The Hall–Kier alpha value is -1.34. The number of H-pyrrole nitrogens is 1. The van der Waals surface area contributed by atoms with Gasteiger partial charge in [0.15, 0.2) is 0 Å². The first-order valence-electron chi connectivity index (χ1n) is 6.12. The Morgan fingerprint density at radius 3 is 2.85 bits per heavy atom. The van der Waals surface area contributed by atoms with Crippen LogP contribution in [0.1, 0.15) is 23.2 Å². The summed E-state index contributed by atoms with van der Waals surface area (Å²) in [6.45, 7) is 5.68. The first kappa shape index (κ1) is 15.1. The smallest absolute Gasteiger partial charge is 0.318 e. The second kappa shape index (κ2) is 5.97. The van der Waals surface area contributed by atoms with Crippen molar-refractivity contribution < 1.29 is 9.53 Å². The highest BCUT2D eigenvalue weighted by molar-refractivity contribution is 7.99. The normalized spacial score (nSPS) is 12.6. The summed E-state index contributed by atoms with van der Waals surface area (Å²) in [7, 11) is 1.36. The van der Waals surface area contributed by atoms with E-state index in [1.807, 2.05) is 13.8 Å². The van der Waals surface area contributed by atoms with Crippen LogP contribution < -0.4 is 5.56 Å². The lowest BCUT2D eigenvalue weighted by atomic mass is 10.2. The topological polar surface area (TPSA) is 72.0 Å². The minimum Gasteiger partial charge on any atom is -0.468 e. The molecule has 0 aliphatic rings. The average Bonchev–Trinajstić information content (AvgIpc) is 2.70. The number of fused-ring (bicyclic) bond motifs is 1. The van der Waals surface area contributed by atoms with Crippen molar-refractivity contribution in [2.75, 3.05) is 7.11 Å². The van der Waals surface area contributed by atoms with Crippen molar-refractivity contribution in [1.82, 2.24) is 9.97 Å². The molecule has 0 aliphatic heterocycles. The monoisotopic (exact) mass is 312 g/mol. The molecule has 0 aromatic carbocycles. The quantitative estimate of drug-likeness (QED) is 0.878. The average molecular weight is 312 g/mol. The molecule has 0 saturated heterocycles. The summed E-state index contributed by atoms with van der Waals surface area (Å²) in [6.07, 6.45) is 0. The Morgan fingerprint density at radius 2 is 2.20 bits per heavy atom. The van der Waals surface area contributed by atoms with Gasteiger partial charge in [-0.15, -0.1) is 23.1 Å². The molecule has 0 bridgehead atoms. The van der Waals surface area contributed by atoms with Crippen LogP contribution in [0.15, 0.2) is 4.79 Å². The van der Waals surface area contributed by atoms with E-state index in [0.29, 0.717) is 17.0 Å². The van der Waals surface area contributed by atoms with Gasteiger partial charge in [-0.1, -0.05) is 0 Å². The number of carbonyl (C=O) groups excluding carboxylic acids is 1. The van der Waals surface area contributed by atoms with Crippen molar-refractivity contribution in [3.8, 4) is 0 Å². The number of thiophene rings is 1. The summed E-state index contributed by atoms with van der Waals surface area (Å²) >= 11 is 2.91. The summed E-state index contributed by atoms with van der Waals surface area (Å²) in [5.41, 5.74) is 0.874. The molecule has 2 aromatic heterocycles.